The van der Waals surface area contributed by atoms with Crippen molar-refractivity contribution in [3.05, 3.63) is 120 Å². The molecule has 0 saturated heterocycles. The Kier molecular flexibility index (Phi) is 7.85. The van der Waals surface area contributed by atoms with E-state index in [2.05, 4.69) is 76.5 Å². The minimum Gasteiger partial charge on any atom is -0.399 e. The smallest absolute Gasteiger partial charge is 0.123 e. The van der Waals surface area contributed by atoms with Crippen LogP contribution in [-0.2, 0) is 11.1 Å². The van der Waals surface area contributed by atoms with Gasteiger partial charge in [0, 0.05) is 58.3 Å². The van der Waals surface area contributed by atoms with Crippen LogP contribution in [0.25, 0.3) is 10.9 Å². The van der Waals surface area contributed by atoms with Gasteiger partial charge in [0.15, 0.2) is 0 Å². The van der Waals surface area contributed by atoms with Crippen LogP contribution in [0.15, 0.2) is 97.6 Å². The topological polar surface area (TPSA) is 82.9 Å². The van der Waals surface area contributed by atoms with E-state index in [-0.39, 0.29) is 16.9 Å². The third-order valence-electron chi connectivity index (χ3n) is 8.36. The molecule has 4 N–H and O–H groups in total. The van der Waals surface area contributed by atoms with Crippen LogP contribution >= 0.6 is 0 Å². The monoisotopic (exact) mass is 536 g/mol. The van der Waals surface area contributed by atoms with E-state index in [4.69, 9.17) is 5.73 Å². The molecule has 40 heavy (non-hydrogen) atoms. The van der Waals surface area contributed by atoms with Crippen molar-refractivity contribution in [1.82, 2.24) is 19.9 Å². The van der Waals surface area contributed by atoms with E-state index in [0.29, 0.717) is 0 Å². The lowest BCUT2D eigenvalue weighted by Gasteiger charge is -2.50. The van der Waals surface area contributed by atoms with Crippen molar-refractivity contribution < 1.29 is 4.39 Å². The molecule has 0 aliphatic heterocycles. The lowest BCUT2D eigenvalue weighted by atomic mass is 9.67. The highest BCUT2D eigenvalue weighted by atomic mass is 19.1. The molecule has 6 rings (SSSR count). The average molecular weight is 537 g/mol. The van der Waals surface area contributed by atoms with Crippen molar-refractivity contribution in [2.75, 3.05) is 25.1 Å². The van der Waals surface area contributed by atoms with Gasteiger partial charge in [-0.1, -0.05) is 30.3 Å². The molecule has 3 aromatic heterocycles. The number of aromatic nitrogens is 3. The molecule has 0 atom stereocenters. The number of aryl methyl sites for hydroxylation is 1. The lowest BCUT2D eigenvalue weighted by molar-refractivity contribution is 0.0705. The summed E-state index contributed by atoms with van der Waals surface area (Å²) < 4.78 is 14.2. The second-order valence-corrected chi connectivity index (χ2v) is 10.8. The summed E-state index contributed by atoms with van der Waals surface area (Å²) in [7, 11) is 4.23. The maximum atomic E-state index is 14.2. The fourth-order valence-corrected chi connectivity index (χ4v) is 6.14. The number of benzene rings is 2. The average Bonchev–Trinajstić information content (AvgIpc) is 3.32. The third-order valence-corrected chi connectivity index (χ3v) is 8.36. The molecule has 1 fully saturated rings. The van der Waals surface area contributed by atoms with E-state index in [9.17, 15) is 4.39 Å². The number of rotatable bonds is 5. The van der Waals surface area contributed by atoms with E-state index < -0.39 is 0 Å². The van der Waals surface area contributed by atoms with Gasteiger partial charge in [0.1, 0.15) is 5.82 Å². The van der Waals surface area contributed by atoms with E-state index in [1.165, 1.54) is 22.7 Å². The Morgan fingerprint density at radius 2 is 1.50 bits per heavy atom. The highest BCUT2D eigenvalue weighted by Gasteiger charge is 2.47. The second kappa shape index (κ2) is 11.5. The number of nitrogens with one attached hydrogen (secondary N) is 2. The number of pyridine rings is 2. The van der Waals surface area contributed by atoms with Gasteiger partial charge in [0.25, 0.3) is 0 Å². The lowest BCUT2D eigenvalue weighted by Crippen LogP contribution is -2.50. The molecule has 206 valence electrons. The first-order chi connectivity index (χ1) is 19.3. The van der Waals surface area contributed by atoms with Gasteiger partial charge in [-0.15, -0.1) is 0 Å². The van der Waals surface area contributed by atoms with Crippen LogP contribution in [0, 0.1) is 12.7 Å². The van der Waals surface area contributed by atoms with Crippen molar-refractivity contribution in [1.29, 1.82) is 0 Å². The van der Waals surface area contributed by atoms with Crippen molar-refractivity contribution in [3.8, 4) is 0 Å². The highest BCUT2D eigenvalue weighted by Crippen LogP contribution is 2.50. The van der Waals surface area contributed by atoms with Crippen LogP contribution in [0.5, 0.6) is 0 Å². The number of H-pyrrole nitrogens is 1. The molecule has 0 radical (unpaired) electrons. The number of aromatic amines is 1. The number of fused-ring (bicyclic) bond motifs is 1. The molecule has 6 nitrogen and oxygen atoms in total. The Balaban J connectivity index is 0.000000403. The zero-order valence-corrected chi connectivity index (χ0v) is 23.4. The molecule has 3 heterocycles. The molecule has 5 aromatic rings. The first-order valence-corrected chi connectivity index (χ1v) is 13.7. The van der Waals surface area contributed by atoms with Gasteiger partial charge < -0.3 is 16.0 Å². The first kappa shape index (κ1) is 27.3. The molecule has 1 saturated carbocycles. The van der Waals surface area contributed by atoms with E-state index in [1.807, 2.05) is 30.6 Å². The summed E-state index contributed by atoms with van der Waals surface area (Å²) in [6.07, 6.45) is 10.6. The molecule has 0 bridgehead atoms. The Hall–Kier alpha value is -4.23. The number of para-hydroxylation sites is 1. The number of nitrogens with zero attached hydrogens (tertiary/aromatic N) is 3. The quantitative estimate of drug-likeness (QED) is 0.225. The van der Waals surface area contributed by atoms with Crippen LogP contribution in [0.2, 0.25) is 0 Å². The number of hydrogen-bond donors (Lipinski definition) is 3. The van der Waals surface area contributed by atoms with Gasteiger partial charge in [-0.05, 0) is 100 Å². The molecule has 1 aliphatic rings. The number of nitrogen functional groups attached to an aromatic ring is 1. The van der Waals surface area contributed by atoms with Crippen molar-refractivity contribution >= 4 is 22.3 Å². The summed E-state index contributed by atoms with van der Waals surface area (Å²) in [6, 6.07) is 23.2. The van der Waals surface area contributed by atoms with Crippen LogP contribution in [0.3, 0.4) is 0 Å². The van der Waals surface area contributed by atoms with Gasteiger partial charge in [0.2, 0.25) is 0 Å². The van der Waals surface area contributed by atoms with Crippen LogP contribution in [0.4, 0.5) is 15.8 Å². The summed E-state index contributed by atoms with van der Waals surface area (Å²) >= 11 is 0. The molecular formula is C33H37FN6. The van der Waals surface area contributed by atoms with Crippen LogP contribution in [-0.4, -0.2) is 33.9 Å². The third kappa shape index (κ3) is 5.42. The largest absolute Gasteiger partial charge is 0.399 e. The zero-order chi connectivity index (χ0) is 28.2. The highest BCUT2D eigenvalue weighted by molar-refractivity contribution is 5.85. The van der Waals surface area contributed by atoms with E-state index in [0.717, 1.165) is 48.1 Å². The summed E-state index contributed by atoms with van der Waals surface area (Å²) in [5.74, 6) is -0.174. The first-order valence-electron chi connectivity index (χ1n) is 13.7. The number of anilines is 2. The minimum atomic E-state index is -0.253. The van der Waals surface area contributed by atoms with Gasteiger partial charge in [-0.3, -0.25) is 14.9 Å². The Morgan fingerprint density at radius 1 is 0.850 bits per heavy atom. The number of halogens is 1. The summed E-state index contributed by atoms with van der Waals surface area (Å²) in [5.41, 5.74) is 11.4. The summed E-state index contributed by atoms with van der Waals surface area (Å²) in [4.78, 5) is 14.0. The Bertz CT molecular complexity index is 1540. The second-order valence-electron chi connectivity index (χ2n) is 10.8. The zero-order valence-electron chi connectivity index (χ0n) is 23.4. The van der Waals surface area contributed by atoms with Crippen molar-refractivity contribution in [3.63, 3.8) is 0 Å². The maximum absolute atomic E-state index is 14.2. The maximum Gasteiger partial charge on any atom is 0.123 e. The normalized spacial score (nSPS) is 20.6. The molecular weight excluding hydrogens is 499 g/mol. The molecule has 1 aliphatic carbocycles. The van der Waals surface area contributed by atoms with Gasteiger partial charge in [-0.25, -0.2) is 4.39 Å². The molecule has 2 aromatic carbocycles. The van der Waals surface area contributed by atoms with Crippen LogP contribution in [0.1, 0.15) is 42.5 Å². The summed E-state index contributed by atoms with van der Waals surface area (Å²) in [6.45, 7) is 2.21. The number of hydrogen-bond acceptors (Lipinski definition) is 5. The van der Waals surface area contributed by atoms with Gasteiger partial charge >= 0.3 is 0 Å². The standard InChI is InChI=1S/C28H31FN4.C5H6N2/c1-20-24-9-4-5-10-25(24)31-26(20)27(32-23-11-17-30-18-12-23)13-15-28(16-14-27,33(2)3)21-7-6-8-22(29)19-21;6-5-1-3-7-4-2-5/h4-12,17-19,31H,13-16H2,1-3H3,(H,30,32);1-4H,(H2,6,7). The van der Waals surface area contributed by atoms with Gasteiger partial charge in [-0.2, -0.15) is 0 Å². The molecule has 0 spiro atoms. The molecule has 0 amide bonds. The molecule has 0 unspecified atom stereocenters. The fraction of sp³-hybridized carbons (Fsp3) is 0.273. The Labute approximate surface area is 235 Å². The fourth-order valence-electron chi connectivity index (χ4n) is 6.14. The number of nitrogens with two attached hydrogens (primary N) is 1. The molecule has 7 heteroatoms. The van der Waals surface area contributed by atoms with Gasteiger partial charge in [0.05, 0.1) is 5.54 Å². The summed E-state index contributed by atoms with van der Waals surface area (Å²) in [5, 5.41) is 5.15. The SMILES string of the molecule is Cc1c(C2(Nc3ccncc3)CCC(c3cccc(F)c3)(N(C)C)CC2)[nH]c2ccccc12.Nc1ccncc1. The minimum absolute atomic E-state index is 0.174. The van der Waals surface area contributed by atoms with E-state index in [1.54, 1.807) is 30.6 Å². The Morgan fingerprint density at radius 3 is 2.08 bits per heavy atom. The predicted molar refractivity (Wildman–Crippen MR) is 161 cm³/mol. The van der Waals surface area contributed by atoms with Crippen molar-refractivity contribution in [2.45, 2.75) is 43.7 Å². The predicted octanol–water partition coefficient (Wildman–Crippen LogP) is 7.01. The van der Waals surface area contributed by atoms with E-state index >= 15 is 0 Å². The van der Waals surface area contributed by atoms with Crippen LogP contribution < -0.4 is 11.1 Å². The van der Waals surface area contributed by atoms with Crippen molar-refractivity contribution in [2.24, 2.45) is 0 Å².